The summed E-state index contributed by atoms with van der Waals surface area (Å²) in [5.41, 5.74) is 4.10. The number of carbonyl (C=O) groups is 2. The first-order valence-electron chi connectivity index (χ1n) is 11.0. The predicted molar refractivity (Wildman–Crippen MR) is 125 cm³/mol. The molecule has 2 aromatic carbocycles. The van der Waals surface area contributed by atoms with Crippen molar-refractivity contribution in [2.75, 3.05) is 27.4 Å². The van der Waals surface area contributed by atoms with Gasteiger partial charge in [-0.1, -0.05) is 32.0 Å². The van der Waals surface area contributed by atoms with Gasteiger partial charge in [-0.25, -0.2) is 4.79 Å². The minimum absolute atomic E-state index is 0.159. The molecular formula is C26H28N2O5. The van der Waals surface area contributed by atoms with E-state index in [1.54, 1.807) is 25.2 Å². The van der Waals surface area contributed by atoms with Crippen molar-refractivity contribution in [1.29, 1.82) is 0 Å². The van der Waals surface area contributed by atoms with Crippen LogP contribution in [-0.2, 0) is 22.5 Å². The maximum atomic E-state index is 12.9. The predicted octanol–water partition coefficient (Wildman–Crippen LogP) is 4.12. The third kappa shape index (κ3) is 4.62. The van der Waals surface area contributed by atoms with E-state index in [1.165, 1.54) is 0 Å². The summed E-state index contributed by atoms with van der Waals surface area (Å²) in [6.45, 7) is 4.72. The second kappa shape index (κ2) is 9.48. The quantitative estimate of drug-likeness (QED) is 0.528. The summed E-state index contributed by atoms with van der Waals surface area (Å²) in [6, 6.07) is 13.1. The molecule has 7 heteroatoms. The van der Waals surface area contributed by atoms with Crippen molar-refractivity contribution >= 4 is 22.8 Å². The highest BCUT2D eigenvalue weighted by Crippen LogP contribution is 2.33. The highest BCUT2D eigenvalue weighted by molar-refractivity contribution is 6.04. The van der Waals surface area contributed by atoms with Crippen molar-refractivity contribution in [3.8, 4) is 11.5 Å². The van der Waals surface area contributed by atoms with E-state index in [0.717, 1.165) is 22.3 Å². The topological polar surface area (TPSA) is 78.0 Å². The molecule has 33 heavy (non-hydrogen) atoms. The largest absolute Gasteiger partial charge is 0.493 e. The average molecular weight is 449 g/mol. The molecule has 0 bridgehead atoms. The molecular weight excluding hydrogens is 420 g/mol. The van der Waals surface area contributed by atoms with Crippen molar-refractivity contribution < 1.29 is 23.8 Å². The summed E-state index contributed by atoms with van der Waals surface area (Å²) in [5.74, 6) is 0.712. The molecule has 2 heterocycles. The number of carbonyl (C=O) groups excluding carboxylic acids is 2. The number of pyridine rings is 1. The molecule has 0 spiro atoms. The lowest BCUT2D eigenvalue weighted by molar-refractivity contribution is -0.135. The van der Waals surface area contributed by atoms with E-state index < -0.39 is 5.97 Å². The standard InChI is InChI=1S/C26H28N2O5/c1-16(2)22-13-20(19-7-5-6-8-21(19)27-22)26(30)33-15-25(29)28-10-9-17-11-23(31-3)24(32-4)12-18(17)14-28/h5-8,11-13,16H,9-10,14-15H2,1-4H3. The van der Waals surface area contributed by atoms with Crippen LogP contribution in [0.25, 0.3) is 10.9 Å². The summed E-state index contributed by atoms with van der Waals surface area (Å²) >= 11 is 0. The van der Waals surface area contributed by atoms with Gasteiger partial charge in [-0.15, -0.1) is 0 Å². The first kappa shape index (κ1) is 22.6. The smallest absolute Gasteiger partial charge is 0.339 e. The summed E-state index contributed by atoms with van der Waals surface area (Å²) in [7, 11) is 3.19. The molecule has 7 nitrogen and oxygen atoms in total. The fraction of sp³-hybridized carbons (Fsp3) is 0.346. The van der Waals surface area contributed by atoms with Crippen LogP contribution in [0.3, 0.4) is 0 Å². The third-order valence-electron chi connectivity index (χ3n) is 5.94. The minimum atomic E-state index is -0.521. The number of para-hydroxylation sites is 1. The van der Waals surface area contributed by atoms with Crippen LogP contribution in [0.5, 0.6) is 11.5 Å². The maximum Gasteiger partial charge on any atom is 0.339 e. The highest BCUT2D eigenvalue weighted by Gasteiger charge is 2.24. The Kier molecular flexibility index (Phi) is 6.49. The Morgan fingerprint density at radius 1 is 1.03 bits per heavy atom. The Bertz CT molecular complexity index is 1200. The number of hydrogen-bond donors (Lipinski definition) is 0. The van der Waals surface area contributed by atoms with Crippen LogP contribution >= 0.6 is 0 Å². The fourth-order valence-electron chi connectivity index (χ4n) is 4.05. The van der Waals surface area contributed by atoms with E-state index in [0.29, 0.717) is 42.0 Å². The number of hydrogen-bond acceptors (Lipinski definition) is 6. The second-order valence-electron chi connectivity index (χ2n) is 8.38. The van der Waals surface area contributed by atoms with E-state index in [9.17, 15) is 9.59 Å². The number of esters is 1. The molecule has 0 unspecified atom stereocenters. The van der Waals surface area contributed by atoms with Crippen LogP contribution in [-0.4, -0.2) is 49.1 Å². The van der Waals surface area contributed by atoms with E-state index in [4.69, 9.17) is 14.2 Å². The van der Waals surface area contributed by atoms with Crippen LogP contribution in [0.15, 0.2) is 42.5 Å². The van der Waals surface area contributed by atoms with Crippen molar-refractivity contribution in [2.45, 2.75) is 32.7 Å². The lowest BCUT2D eigenvalue weighted by atomic mass is 9.99. The lowest BCUT2D eigenvalue weighted by Gasteiger charge is -2.29. The van der Waals surface area contributed by atoms with Gasteiger partial charge in [-0.3, -0.25) is 9.78 Å². The number of amides is 1. The zero-order chi connectivity index (χ0) is 23.5. The molecule has 0 N–H and O–H groups in total. The van der Waals surface area contributed by atoms with Gasteiger partial charge in [0.2, 0.25) is 0 Å². The number of methoxy groups -OCH3 is 2. The van der Waals surface area contributed by atoms with Crippen molar-refractivity contribution in [3.63, 3.8) is 0 Å². The molecule has 0 radical (unpaired) electrons. The van der Waals surface area contributed by atoms with Gasteiger partial charge in [0, 0.05) is 24.2 Å². The number of benzene rings is 2. The Hall–Kier alpha value is -3.61. The van der Waals surface area contributed by atoms with Gasteiger partial charge in [0.1, 0.15) is 0 Å². The molecule has 4 rings (SSSR count). The van der Waals surface area contributed by atoms with Crippen LogP contribution in [0.1, 0.15) is 46.9 Å². The third-order valence-corrected chi connectivity index (χ3v) is 5.94. The normalized spacial score (nSPS) is 13.1. The molecule has 1 amide bonds. The fourth-order valence-corrected chi connectivity index (χ4v) is 4.05. The Labute approximate surface area is 193 Å². The van der Waals surface area contributed by atoms with Crippen molar-refractivity contribution in [3.05, 3.63) is 64.8 Å². The van der Waals surface area contributed by atoms with Crippen LogP contribution in [0.2, 0.25) is 0 Å². The summed E-state index contributed by atoms with van der Waals surface area (Å²) in [4.78, 5) is 32.1. The second-order valence-corrected chi connectivity index (χ2v) is 8.38. The number of nitrogens with zero attached hydrogens (tertiary/aromatic N) is 2. The van der Waals surface area contributed by atoms with Crippen LogP contribution in [0, 0.1) is 0 Å². The summed E-state index contributed by atoms with van der Waals surface area (Å²) in [5, 5.41) is 0.715. The molecule has 0 atom stereocenters. The molecule has 1 aliphatic heterocycles. The molecule has 172 valence electrons. The Morgan fingerprint density at radius 2 is 1.73 bits per heavy atom. The van der Waals surface area contributed by atoms with Gasteiger partial charge in [0.15, 0.2) is 18.1 Å². The average Bonchev–Trinajstić information content (AvgIpc) is 2.84. The van der Waals surface area contributed by atoms with E-state index in [1.807, 2.05) is 50.2 Å². The number of aromatic nitrogens is 1. The molecule has 0 fully saturated rings. The Morgan fingerprint density at radius 3 is 2.42 bits per heavy atom. The molecule has 3 aromatic rings. The Balaban J connectivity index is 1.47. The molecule has 0 saturated carbocycles. The van der Waals surface area contributed by atoms with E-state index >= 15 is 0 Å². The van der Waals surface area contributed by atoms with Crippen molar-refractivity contribution in [2.24, 2.45) is 0 Å². The first-order chi connectivity index (χ1) is 15.9. The van der Waals surface area contributed by atoms with Crippen molar-refractivity contribution in [1.82, 2.24) is 9.88 Å². The molecule has 1 aromatic heterocycles. The highest BCUT2D eigenvalue weighted by atomic mass is 16.5. The van der Waals surface area contributed by atoms with Gasteiger partial charge in [-0.2, -0.15) is 0 Å². The summed E-state index contributed by atoms with van der Waals surface area (Å²) in [6.07, 6.45) is 0.697. The van der Waals surface area contributed by atoms with Gasteiger partial charge >= 0.3 is 5.97 Å². The van der Waals surface area contributed by atoms with Crippen LogP contribution < -0.4 is 9.47 Å². The molecule has 0 aliphatic carbocycles. The van der Waals surface area contributed by atoms with E-state index in [2.05, 4.69) is 4.98 Å². The monoisotopic (exact) mass is 448 g/mol. The number of fused-ring (bicyclic) bond motifs is 2. The zero-order valence-electron chi connectivity index (χ0n) is 19.4. The van der Waals surface area contributed by atoms with Crippen LogP contribution in [0.4, 0.5) is 0 Å². The van der Waals surface area contributed by atoms with E-state index in [-0.39, 0.29) is 18.4 Å². The van der Waals surface area contributed by atoms with Gasteiger partial charge in [0.25, 0.3) is 5.91 Å². The van der Waals surface area contributed by atoms with Gasteiger partial charge in [-0.05, 0) is 47.7 Å². The van der Waals surface area contributed by atoms with Gasteiger partial charge in [0.05, 0.1) is 25.3 Å². The maximum absolute atomic E-state index is 12.9. The number of ether oxygens (including phenoxy) is 3. The zero-order valence-corrected chi connectivity index (χ0v) is 19.4. The molecule has 1 aliphatic rings. The summed E-state index contributed by atoms with van der Waals surface area (Å²) < 4.78 is 16.2. The number of rotatable bonds is 6. The SMILES string of the molecule is COc1cc2c(cc1OC)CN(C(=O)COC(=O)c1cc(C(C)C)nc3ccccc13)CC2. The minimum Gasteiger partial charge on any atom is -0.493 e. The first-order valence-corrected chi connectivity index (χ1v) is 11.0. The van der Waals surface area contributed by atoms with Gasteiger partial charge < -0.3 is 19.1 Å². The lowest BCUT2D eigenvalue weighted by Crippen LogP contribution is -2.38. The molecule has 0 saturated heterocycles.